The number of hydrogen-bond donors (Lipinski definition) is 1. The van der Waals surface area contributed by atoms with Crippen LogP contribution in [0.25, 0.3) is 0 Å². The highest BCUT2D eigenvalue weighted by atomic mass is 32.2. The number of anilines is 1. The van der Waals surface area contributed by atoms with Crippen LogP contribution in [0.1, 0.15) is 57.6 Å². The summed E-state index contributed by atoms with van der Waals surface area (Å²) >= 11 is 0. The second-order valence-electron chi connectivity index (χ2n) is 9.00. The van der Waals surface area contributed by atoms with Gasteiger partial charge in [0.25, 0.3) is 0 Å². The van der Waals surface area contributed by atoms with Crippen molar-refractivity contribution in [1.82, 2.24) is 10.2 Å². The molecule has 37 heavy (non-hydrogen) atoms. The van der Waals surface area contributed by atoms with Gasteiger partial charge < -0.3 is 15.0 Å². The largest absolute Gasteiger partial charge is 0.492 e. The van der Waals surface area contributed by atoms with Crippen LogP contribution in [-0.4, -0.2) is 57.1 Å². The third kappa shape index (κ3) is 8.77. The van der Waals surface area contributed by atoms with Crippen LogP contribution in [0.4, 0.5) is 5.69 Å². The molecule has 0 saturated heterocycles. The van der Waals surface area contributed by atoms with Gasteiger partial charge in [-0.25, -0.2) is 8.42 Å². The monoisotopic (exact) mass is 531 g/mol. The van der Waals surface area contributed by atoms with E-state index in [1.54, 1.807) is 29.2 Å². The quantitative estimate of drug-likeness (QED) is 0.370. The molecule has 1 unspecified atom stereocenters. The van der Waals surface area contributed by atoms with E-state index < -0.39 is 16.1 Å². The molecule has 9 heteroatoms. The molecular weight excluding hydrogens is 490 g/mol. The van der Waals surface area contributed by atoms with Gasteiger partial charge in [-0.15, -0.1) is 0 Å². The minimum atomic E-state index is -3.61. The van der Waals surface area contributed by atoms with Crippen molar-refractivity contribution in [2.24, 2.45) is 0 Å². The van der Waals surface area contributed by atoms with E-state index in [2.05, 4.69) is 5.32 Å². The van der Waals surface area contributed by atoms with Crippen LogP contribution in [0.3, 0.4) is 0 Å². The maximum absolute atomic E-state index is 13.5. The Hall–Kier alpha value is -3.07. The average Bonchev–Trinajstić information content (AvgIpc) is 2.86. The summed E-state index contributed by atoms with van der Waals surface area (Å²) in [6, 6.07) is 14.2. The van der Waals surface area contributed by atoms with Crippen molar-refractivity contribution in [3.8, 4) is 5.75 Å². The van der Waals surface area contributed by atoms with Gasteiger partial charge in [0.1, 0.15) is 11.8 Å². The van der Waals surface area contributed by atoms with Crippen molar-refractivity contribution in [1.29, 1.82) is 0 Å². The van der Waals surface area contributed by atoms with Crippen LogP contribution in [0, 0.1) is 6.92 Å². The molecule has 0 aliphatic rings. The number of aryl methyl sites for hydroxylation is 1. The lowest BCUT2D eigenvalue weighted by atomic mass is 10.1. The van der Waals surface area contributed by atoms with Crippen LogP contribution < -0.4 is 14.4 Å². The molecule has 0 aromatic heterocycles. The average molecular weight is 532 g/mol. The summed E-state index contributed by atoms with van der Waals surface area (Å²) in [5.74, 6) is 0.115. The first kappa shape index (κ1) is 30.2. The van der Waals surface area contributed by atoms with Crippen molar-refractivity contribution < 1.29 is 22.7 Å². The SMILES string of the molecule is CCCNC(=O)C(CC)N(Cc1ccccc1C)C(=O)CCCN(c1ccccc1OCC)S(C)(=O)=O. The fraction of sp³-hybridized carbons (Fsp3) is 0.500. The summed E-state index contributed by atoms with van der Waals surface area (Å²) in [5, 5.41) is 2.92. The first-order valence-electron chi connectivity index (χ1n) is 12.9. The van der Waals surface area contributed by atoms with Gasteiger partial charge in [0.15, 0.2) is 0 Å². The molecule has 0 spiro atoms. The zero-order valence-electron chi connectivity index (χ0n) is 22.7. The molecule has 8 nitrogen and oxygen atoms in total. The Bertz CT molecular complexity index is 1140. The summed E-state index contributed by atoms with van der Waals surface area (Å²) < 4.78 is 32.2. The van der Waals surface area contributed by atoms with E-state index in [9.17, 15) is 18.0 Å². The highest BCUT2D eigenvalue weighted by Gasteiger charge is 2.29. The molecule has 0 bridgehead atoms. The van der Waals surface area contributed by atoms with Crippen LogP contribution in [0.2, 0.25) is 0 Å². The number of carbonyl (C=O) groups is 2. The maximum atomic E-state index is 13.5. The number of ether oxygens (including phenoxy) is 1. The van der Waals surface area contributed by atoms with Gasteiger partial charge in [-0.3, -0.25) is 13.9 Å². The second-order valence-corrected chi connectivity index (χ2v) is 10.9. The van der Waals surface area contributed by atoms with Crippen molar-refractivity contribution in [3.05, 3.63) is 59.7 Å². The number of rotatable bonds is 15. The van der Waals surface area contributed by atoms with Crippen LogP contribution in [-0.2, 0) is 26.2 Å². The number of benzene rings is 2. The van der Waals surface area contributed by atoms with E-state index in [1.807, 2.05) is 52.0 Å². The molecule has 2 amide bonds. The van der Waals surface area contributed by atoms with Gasteiger partial charge >= 0.3 is 0 Å². The highest BCUT2D eigenvalue weighted by molar-refractivity contribution is 7.92. The Kier molecular flexibility index (Phi) is 11.9. The van der Waals surface area contributed by atoms with Gasteiger partial charge in [-0.1, -0.05) is 50.2 Å². The van der Waals surface area contributed by atoms with E-state index in [-0.39, 0.29) is 24.8 Å². The number of carbonyl (C=O) groups excluding carboxylic acids is 2. The van der Waals surface area contributed by atoms with Crippen molar-refractivity contribution in [2.75, 3.05) is 30.3 Å². The predicted octanol–water partition coefficient (Wildman–Crippen LogP) is 4.27. The van der Waals surface area contributed by atoms with Crippen LogP contribution in [0.5, 0.6) is 5.75 Å². The summed E-state index contributed by atoms with van der Waals surface area (Å²) in [6.45, 7) is 9.07. The zero-order valence-corrected chi connectivity index (χ0v) is 23.5. The number of sulfonamides is 1. The van der Waals surface area contributed by atoms with Gasteiger partial charge in [0.05, 0.1) is 18.6 Å². The van der Waals surface area contributed by atoms with E-state index >= 15 is 0 Å². The molecule has 0 aliphatic carbocycles. The Labute approximate surface area is 222 Å². The summed E-state index contributed by atoms with van der Waals surface area (Å²) in [4.78, 5) is 28.1. The molecule has 0 saturated carbocycles. The topological polar surface area (TPSA) is 96.0 Å². The molecular formula is C28H41N3O5S. The van der Waals surface area contributed by atoms with E-state index in [0.29, 0.717) is 44.0 Å². The number of para-hydroxylation sites is 2. The predicted molar refractivity (Wildman–Crippen MR) is 148 cm³/mol. The standard InChI is InChI=1S/C28H41N3O5S/c1-6-19-29-28(33)24(7-2)30(21-23-15-10-9-14-22(23)4)27(32)18-13-20-31(37(5,34)35)25-16-11-12-17-26(25)36-8-3/h9-12,14-17,24H,6-8,13,18-21H2,1-5H3,(H,29,33). The lowest BCUT2D eigenvalue weighted by Gasteiger charge is -2.31. The van der Waals surface area contributed by atoms with Gasteiger partial charge in [-0.05, 0) is 56.4 Å². The number of amides is 2. The van der Waals surface area contributed by atoms with Gasteiger partial charge in [0.2, 0.25) is 21.8 Å². The Morgan fingerprint density at radius 2 is 1.70 bits per heavy atom. The van der Waals surface area contributed by atoms with Crippen molar-refractivity contribution >= 4 is 27.5 Å². The summed E-state index contributed by atoms with van der Waals surface area (Å²) in [6.07, 6.45) is 2.83. The first-order chi connectivity index (χ1) is 17.6. The fourth-order valence-corrected chi connectivity index (χ4v) is 5.15. The Morgan fingerprint density at radius 1 is 1.03 bits per heavy atom. The highest BCUT2D eigenvalue weighted by Crippen LogP contribution is 2.30. The minimum Gasteiger partial charge on any atom is -0.492 e. The van der Waals surface area contributed by atoms with E-state index in [4.69, 9.17) is 4.74 Å². The molecule has 0 aliphatic heterocycles. The minimum absolute atomic E-state index is 0.103. The Balaban J connectivity index is 2.25. The zero-order chi connectivity index (χ0) is 27.4. The maximum Gasteiger partial charge on any atom is 0.242 e. The smallest absolute Gasteiger partial charge is 0.242 e. The van der Waals surface area contributed by atoms with Crippen LogP contribution in [0.15, 0.2) is 48.5 Å². The lowest BCUT2D eigenvalue weighted by Crippen LogP contribution is -2.49. The molecule has 1 N–H and O–H groups in total. The number of nitrogens with zero attached hydrogens (tertiary/aromatic N) is 2. The normalized spacial score (nSPS) is 12.0. The number of hydrogen-bond acceptors (Lipinski definition) is 5. The van der Waals surface area contributed by atoms with E-state index in [0.717, 1.165) is 23.8 Å². The third-order valence-corrected chi connectivity index (χ3v) is 7.30. The van der Waals surface area contributed by atoms with Gasteiger partial charge in [0, 0.05) is 26.1 Å². The fourth-order valence-electron chi connectivity index (χ4n) is 4.18. The summed E-state index contributed by atoms with van der Waals surface area (Å²) in [7, 11) is -3.61. The Morgan fingerprint density at radius 3 is 2.32 bits per heavy atom. The lowest BCUT2D eigenvalue weighted by molar-refractivity contribution is -0.141. The second kappa shape index (κ2) is 14.6. The molecule has 0 radical (unpaired) electrons. The first-order valence-corrected chi connectivity index (χ1v) is 14.8. The molecule has 0 heterocycles. The molecule has 1 atom stereocenters. The molecule has 0 fully saturated rings. The molecule has 2 aromatic carbocycles. The molecule has 204 valence electrons. The molecule has 2 rings (SSSR count). The third-order valence-electron chi connectivity index (χ3n) is 6.12. The van der Waals surface area contributed by atoms with Gasteiger partial charge in [-0.2, -0.15) is 0 Å². The van der Waals surface area contributed by atoms with Crippen LogP contribution >= 0.6 is 0 Å². The van der Waals surface area contributed by atoms with Crippen molar-refractivity contribution in [2.45, 2.75) is 66.0 Å². The summed E-state index contributed by atoms with van der Waals surface area (Å²) in [5.41, 5.74) is 2.46. The van der Waals surface area contributed by atoms with E-state index in [1.165, 1.54) is 4.31 Å². The molecule has 2 aromatic rings. The number of nitrogens with one attached hydrogen (secondary N) is 1. The van der Waals surface area contributed by atoms with Crippen molar-refractivity contribution in [3.63, 3.8) is 0 Å².